The number of amides is 1. The zero-order valence-corrected chi connectivity index (χ0v) is 21.2. The molecule has 0 bridgehead atoms. The Bertz CT molecular complexity index is 1390. The minimum Gasteiger partial charge on any atom is -0.478 e. The van der Waals surface area contributed by atoms with Gasteiger partial charge in [0, 0.05) is 17.2 Å². The van der Waals surface area contributed by atoms with Crippen LogP contribution in [-0.4, -0.2) is 17.0 Å². The number of benzene rings is 3. The summed E-state index contributed by atoms with van der Waals surface area (Å²) < 4.78 is 58.1. The molecule has 11 heteroatoms. The first-order valence-electron chi connectivity index (χ1n) is 12.4. The molecule has 1 fully saturated rings. The highest BCUT2D eigenvalue weighted by molar-refractivity contribution is 6.30. The van der Waals surface area contributed by atoms with Crippen LogP contribution in [0.2, 0.25) is 5.02 Å². The van der Waals surface area contributed by atoms with Crippen molar-refractivity contribution in [1.29, 1.82) is 0 Å². The highest BCUT2D eigenvalue weighted by atomic mass is 35.5. The van der Waals surface area contributed by atoms with Crippen molar-refractivity contribution in [2.24, 2.45) is 11.8 Å². The summed E-state index contributed by atoms with van der Waals surface area (Å²) in [5, 5.41) is 18.2. The van der Waals surface area contributed by atoms with Gasteiger partial charge in [0.1, 0.15) is 11.4 Å². The first-order chi connectivity index (χ1) is 18.6. The third-order valence-corrected chi connectivity index (χ3v) is 7.68. The van der Waals surface area contributed by atoms with Crippen molar-refractivity contribution in [3.8, 4) is 0 Å². The van der Waals surface area contributed by atoms with Gasteiger partial charge in [0.25, 0.3) is 0 Å². The van der Waals surface area contributed by atoms with Crippen LogP contribution in [0.5, 0.6) is 0 Å². The number of nitrogens with one attached hydrogen (secondary N) is 3. The molecule has 1 amide bonds. The van der Waals surface area contributed by atoms with Crippen molar-refractivity contribution < 1.29 is 32.3 Å². The number of hydrogen-bond acceptors (Lipinski definition) is 4. The predicted molar refractivity (Wildman–Crippen MR) is 139 cm³/mol. The van der Waals surface area contributed by atoms with Crippen molar-refractivity contribution in [2.75, 3.05) is 16.0 Å². The normalized spacial score (nSPS) is 17.1. The Labute approximate surface area is 226 Å². The molecule has 0 spiro atoms. The second-order valence-electron chi connectivity index (χ2n) is 9.86. The van der Waals surface area contributed by atoms with E-state index in [1.165, 1.54) is 0 Å². The molecule has 1 aliphatic heterocycles. The van der Waals surface area contributed by atoms with Gasteiger partial charge >= 0.3 is 5.97 Å². The van der Waals surface area contributed by atoms with Crippen LogP contribution in [0.1, 0.15) is 48.0 Å². The van der Waals surface area contributed by atoms with Crippen LogP contribution in [0.4, 0.5) is 34.6 Å². The summed E-state index contributed by atoms with van der Waals surface area (Å²) in [5.41, 5.74) is -1.93. The number of halogens is 5. The summed E-state index contributed by atoms with van der Waals surface area (Å²) in [4.78, 5) is 25.2. The molecule has 1 heterocycles. The van der Waals surface area contributed by atoms with E-state index in [0.717, 1.165) is 31.4 Å². The van der Waals surface area contributed by atoms with E-state index >= 15 is 0 Å². The van der Waals surface area contributed by atoms with Gasteiger partial charge in [0.15, 0.2) is 23.3 Å². The van der Waals surface area contributed by atoms with Crippen molar-refractivity contribution in [2.45, 2.75) is 37.8 Å². The Morgan fingerprint density at radius 3 is 1.92 bits per heavy atom. The van der Waals surface area contributed by atoms with Crippen molar-refractivity contribution in [3.63, 3.8) is 0 Å². The molecular formula is C28H24ClF4N3O3. The van der Waals surface area contributed by atoms with Crippen molar-refractivity contribution in [1.82, 2.24) is 0 Å². The molecule has 2 aliphatic rings. The molecule has 1 aliphatic carbocycles. The van der Waals surface area contributed by atoms with Crippen LogP contribution in [0, 0.1) is 35.1 Å². The van der Waals surface area contributed by atoms with Gasteiger partial charge in [-0.05, 0) is 48.6 Å². The maximum absolute atomic E-state index is 14.8. The lowest BCUT2D eigenvalue weighted by molar-refractivity contribution is -0.124. The Morgan fingerprint density at radius 1 is 0.872 bits per heavy atom. The first-order valence-corrected chi connectivity index (χ1v) is 12.8. The number of carbonyl (C=O) groups excluding carboxylic acids is 1. The molecule has 204 valence electrons. The Balaban J connectivity index is 1.63. The van der Waals surface area contributed by atoms with Crippen LogP contribution in [0.25, 0.3) is 0 Å². The number of hydrogen-bond donors (Lipinski definition) is 4. The van der Waals surface area contributed by atoms with Gasteiger partial charge in [-0.3, -0.25) is 4.79 Å². The molecule has 0 radical (unpaired) electrons. The topological polar surface area (TPSA) is 90.5 Å². The summed E-state index contributed by atoms with van der Waals surface area (Å²) in [6.45, 7) is 0. The number of carboxylic acid groups (broad SMARTS) is 1. The zero-order valence-electron chi connectivity index (χ0n) is 20.5. The molecule has 1 saturated carbocycles. The molecule has 0 saturated heterocycles. The molecule has 6 nitrogen and oxygen atoms in total. The lowest BCUT2D eigenvalue weighted by Crippen LogP contribution is -2.54. The molecule has 4 N–H and O–H groups in total. The lowest BCUT2D eigenvalue weighted by Gasteiger charge is -2.43. The fourth-order valence-electron chi connectivity index (χ4n) is 5.65. The highest BCUT2D eigenvalue weighted by Crippen LogP contribution is 2.49. The van der Waals surface area contributed by atoms with Crippen LogP contribution in [-0.2, 0) is 10.5 Å². The van der Waals surface area contributed by atoms with E-state index in [9.17, 15) is 27.2 Å². The summed E-state index contributed by atoms with van der Waals surface area (Å²) in [6.07, 6.45) is 3.84. The Morgan fingerprint density at radius 2 is 1.41 bits per heavy atom. The number of rotatable bonds is 6. The maximum atomic E-state index is 14.8. The van der Waals surface area contributed by atoms with Crippen LogP contribution in [0.3, 0.4) is 0 Å². The number of anilines is 3. The van der Waals surface area contributed by atoms with Gasteiger partial charge in [-0.25, -0.2) is 22.4 Å². The van der Waals surface area contributed by atoms with E-state index in [1.54, 1.807) is 24.3 Å². The first kappa shape index (κ1) is 26.8. The monoisotopic (exact) mass is 561 g/mol. The second-order valence-corrected chi connectivity index (χ2v) is 10.3. The quantitative estimate of drug-likeness (QED) is 0.241. The van der Waals surface area contributed by atoms with Gasteiger partial charge in [-0.2, -0.15) is 0 Å². The summed E-state index contributed by atoms with van der Waals surface area (Å²) in [5.74, 6) is -8.27. The smallest absolute Gasteiger partial charge is 0.335 e. The molecule has 1 unspecified atom stereocenters. The standard InChI is InChI=1S/C28H24ClF4N3O3/c29-17-8-6-16(7-9-17)28(35-22-12-18(30)19(31)13-23(22)36-28)24(14-4-2-1-3-5-14)26(37)34-25-20(32)10-15(27(38)39)11-21(25)33/h6-14,24,35-36H,1-5H2,(H,34,37)(H,38,39). The molecular weight excluding hydrogens is 538 g/mol. The highest BCUT2D eigenvalue weighted by Gasteiger charge is 2.52. The molecule has 3 aromatic rings. The summed E-state index contributed by atoms with van der Waals surface area (Å²) in [7, 11) is 0. The number of carbonyl (C=O) groups is 2. The minimum atomic E-state index is -1.52. The Kier molecular flexibility index (Phi) is 7.15. The van der Waals surface area contributed by atoms with Gasteiger partial charge in [-0.15, -0.1) is 0 Å². The zero-order chi connectivity index (χ0) is 27.9. The molecule has 3 aromatic carbocycles. The van der Waals surface area contributed by atoms with Gasteiger partial charge in [0.05, 0.1) is 22.9 Å². The molecule has 1 atom stereocenters. The van der Waals surface area contributed by atoms with Crippen LogP contribution in [0.15, 0.2) is 48.5 Å². The average molecular weight is 562 g/mol. The maximum Gasteiger partial charge on any atom is 0.335 e. The number of aromatic carboxylic acids is 1. The predicted octanol–water partition coefficient (Wildman–Crippen LogP) is 7.12. The third kappa shape index (κ3) is 5.01. The molecule has 39 heavy (non-hydrogen) atoms. The average Bonchev–Trinajstić information content (AvgIpc) is 3.25. The SMILES string of the molecule is O=C(O)c1cc(F)c(NC(=O)C(C2CCCCC2)C2(c3ccc(Cl)cc3)Nc3cc(F)c(F)cc3N2)c(F)c1. The van der Waals surface area contributed by atoms with E-state index in [2.05, 4.69) is 16.0 Å². The lowest BCUT2D eigenvalue weighted by atomic mass is 9.71. The van der Waals surface area contributed by atoms with Crippen molar-refractivity contribution in [3.05, 3.63) is 87.9 Å². The van der Waals surface area contributed by atoms with Crippen LogP contribution >= 0.6 is 11.6 Å². The Hall–Kier alpha value is -3.79. The second kappa shape index (κ2) is 10.4. The van der Waals surface area contributed by atoms with Gasteiger partial charge in [-0.1, -0.05) is 43.0 Å². The van der Waals surface area contributed by atoms with E-state index in [1.807, 2.05) is 0 Å². The van der Waals surface area contributed by atoms with Crippen LogP contribution < -0.4 is 16.0 Å². The summed E-state index contributed by atoms with van der Waals surface area (Å²) >= 11 is 6.12. The third-order valence-electron chi connectivity index (χ3n) is 7.43. The van der Waals surface area contributed by atoms with E-state index in [4.69, 9.17) is 16.7 Å². The van der Waals surface area contributed by atoms with Crippen molar-refractivity contribution >= 4 is 40.5 Å². The van der Waals surface area contributed by atoms with Gasteiger partial charge < -0.3 is 21.1 Å². The molecule has 0 aromatic heterocycles. The minimum absolute atomic E-state index is 0.209. The van der Waals surface area contributed by atoms with E-state index in [0.29, 0.717) is 35.6 Å². The number of fused-ring (bicyclic) bond motifs is 1. The fraction of sp³-hybridized carbons (Fsp3) is 0.286. The van der Waals surface area contributed by atoms with Gasteiger partial charge in [0.2, 0.25) is 5.91 Å². The van der Waals surface area contributed by atoms with E-state index in [-0.39, 0.29) is 17.3 Å². The van der Waals surface area contributed by atoms with E-state index < -0.39 is 58.0 Å². The largest absolute Gasteiger partial charge is 0.478 e. The fourth-order valence-corrected chi connectivity index (χ4v) is 5.78. The molecule has 5 rings (SSSR count). The summed E-state index contributed by atoms with van der Waals surface area (Å²) in [6, 6.07) is 9.74. The number of carboxylic acids is 1.